The van der Waals surface area contributed by atoms with Gasteiger partial charge in [-0.1, -0.05) is 5.16 Å². The zero-order chi connectivity index (χ0) is 8.39. The summed E-state index contributed by atoms with van der Waals surface area (Å²) in [5.41, 5.74) is 0.927. The molecule has 2 rings (SSSR count). The zero-order valence-corrected chi connectivity index (χ0v) is 7.65. The van der Waals surface area contributed by atoms with E-state index in [-0.39, 0.29) is 0 Å². The molecule has 2 aromatic heterocycles. The van der Waals surface area contributed by atoms with E-state index in [0.717, 1.165) is 11.3 Å². The molecule has 60 valence electrons. The van der Waals surface area contributed by atoms with Crippen LogP contribution < -0.4 is 0 Å². The molecule has 4 heteroatoms. The third-order valence-electron chi connectivity index (χ3n) is 1.43. The highest BCUT2D eigenvalue weighted by Gasteiger charge is 2.03. The molecule has 0 spiro atoms. The minimum Gasteiger partial charge on any atom is -0.355 e. The summed E-state index contributed by atoms with van der Waals surface area (Å²) in [6, 6.07) is 5.57. The van der Waals surface area contributed by atoms with Crippen LogP contribution in [-0.2, 0) is 0 Å². The van der Waals surface area contributed by atoms with E-state index in [9.17, 15) is 0 Å². The van der Waals surface area contributed by atoms with Crippen LogP contribution in [0.1, 0.15) is 0 Å². The molecule has 0 atom stereocenters. The summed E-state index contributed by atoms with van der Waals surface area (Å²) in [5, 5.41) is 3.71. The molecule has 0 radical (unpaired) electrons. The molecule has 0 aromatic carbocycles. The number of hydrogen-bond donors (Lipinski definition) is 0. The van der Waals surface area contributed by atoms with Gasteiger partial charge in [-0.3, -0.25) is 4.98 Å². The molecule has 0 saturated carbocycles. The third-order valence-corrected chi connectivity index (χ3v) is 1.80. The van der Waals surface area contributed by atoms with Gasteiger partial charge >= 0.3 is 0 Å². The predicted octanol–water partition coefficient (Wildman–Crippen LogP) is 2.50. The van der Waals surface area contributed by atoms with Crippen LogP contribution >= 0.6 is 15.9 Å². The van der Waals surface area contributed by atoms with Crippen LogP contribution in [0.15, 0.2) is 39.7 Å². The molecule has 0 unspecified atom stereocenters. The van der Waals surface area contributed by atoms with Gasteiger partial charge in [0.1, 0.15) is 4.60 Å². The molecule has 2 heterocycles. The lowest BCUT2D eigenvalue weighted by Gasteiger charge is -1.90. The summed E-state index contributed by atoms with van der Waals surface area (Å²) >= 11 is 3.20. The summed E-state index contributed by atoms with van der Waals surface area (Å²) in [7, 11) is 0. The van der Waals surface area contributed by atoms with Crippen molar-refractivity contribution in [3.8, 4) is 11.3 Å². The van der Waals surface area contributed by atoms with Crippen LogP contribution in [0.4, 0.5) is 0 Å². The van der Waals surface area contributed by atoms with E-state index in [1.807, 2.05) is 12.1 Å². The van der Waals surface area contributed by atoms with Gasteiger partial charge in [-0.05, 0) is 28.1 Å². The Bertz CT molecular complexity index is 372. The lowest BCUT2D eigenvalue weighted by Crippen LogP contribution is -1.73. The molecular formula is C8H5BrN2O. The Kier molecular flexibility index (Phi) is 1.91. The second-order valence-electron chi connectivity index (χ2n) is 2.26. The molecular weight excluding hydrogens is 220 g/mol. The normalized spacial score (nSPS) is 10.1. The van der Waals surface area contributed by atoms with Crippen LogP contribution in [0, 0.1) is 0 Å². The summed E-state index contributed by atoms with van der Waals surface area (Å²) in [5.74, 6) is 0.718. The van der Waals surface area contributed by atoms with Crippen molar-refractivity contribution in [3.05, 3.63) is 35.2 Å². The molecule has 0 aliphatic rings. The van der Waals surface area contributed by atoms with Gasteiger partial charge in [-0.2, -0.15) is 0 Å². The van der Waals surface area contributed by atoms with E-state index in [1.54, 1.807) is 18.5 Å². The maximum absolute atomic E-state index is 5.01. The lowest BCUT2D eigenvalue weighted by atomic mass is 10.2. The molecule has 3 nitrogen and oxygen atoms in total. The molecule has 0 aliphatic carbocycles. The second kappa shape index (κ2) is 3.06. The smallest absolute Gasteiger partial charge is 0.169 e. The SMILES string of the molecule is Brc1cc(-c2cccnc2)on1. The summed E-state index contributed by atoms with van der Waals surface area (Å²) in [6.45, 7) is 0. The van der Waals surface area contributed by atoms with Crippen molar-refractivity contribution < 1.29 is 4.52 Å². The first-order chi connectivity index (χ1) is 5.86. The minimum absolute atomic E-state index is 0.696. The maximum atomic E-state index is 5.01. The van der Waals surface area contributed by atoms with Crippen molar-refractivity contribution in [2.75, 3.05) is 0 Å². The number of rotatable bonds is 1. The highest BCUT2D eigenvalue weighted by atomic mass is 79.9. The van der Waals surface area contributed by atoms with Crippen molar-refractivity contribution in [3.63, 3.8) is 0 Å². The van der Waals surface area contributed by atoms with Gasteiger partial charge in [0.05, 0.1) is 0 Å². The number of halogens is 1. The maximum Gasteiger partial charge on any atom is 0.169 e. The third kappa shape index (κ3) is 1.38. The monoisotopic (exact) mass is 224 g/mol. The average molecular weight is 225 g/mol. The van der Waals surface area contributed by atoms with Crippen molar-refractivity contribution in [1.82, 2.24) is 10.1 Å². The van der Waals surface area contributed by atoms with Gasteiger partial charge < -0.3 is 4.52 Å². The first-order valence-electron chi connectivity index (χ1n) is 3.39. The van der Waals surface area contributed by atoms with Crippen LogP contribution in [0.25, 0.3) is 11.3 Å². The van der Waals surface area contributed by atoms with E-state index < -0.39 is 0 Å². The van der Waals surface area contributed by atoms with E-state index in [4.69, 9.17) is 4.52 Å². The number of nitrogens with zero attached hydrogens (tertiary/aromatic N) is 2. The van der Waals surface area contributed by atoms with Gasteiger partial charge in [-0.25, -0.2) is 0 Å². The molecule has 0 amide bonds. The van der Waals surface area contributed by atoms with E-state index in [2.05, 4.69) is 26.1 Å². The highest BCUT2D eigenvalue weighted by Crippen LogP contribution is 2.20. The van der Waals surface area contributed by atoms with Crippen molar-refractivity contribution >= 4 is 15.9 Å². The quantitative estimate of drug-likeness (QED) is 0.748. The molecule has 0 N–H and O–H groups in total. The molecule has 0 fully saturated rings. The van der Waals surface area contributed by atoms with Gasteiger partial charge in [0.15, 0.2) is 5.76 Å². The molecule has 12 heavy (non-hydrogen) atoms. The van der Waals surface area contributed by atoms with Gasteiger partial charge in [0.25, 0.3) is 0 Å². The Morgan fingerprint density at radius 1 is 1.42 bits per heavy atom. The van der Waals surface area contributed by atoms with Crippen molar-refractivity contribution in [2.45, 2.75) is 0 Å². The molecule has 2 aromatic rings. The molecule has 0 saturated heterocycles. The lowest BCUT2D eigenvalue weighted by molar-refractivity contribution is 0.428. The van der Waals surface area contributed by atoms with E-state index in [1.165, 1.54) is 0 Å². The Labute approximate surface area is 77.5 Å². The van der Waals surface area contributed by atoms with Crippen LogP contribution in [0.3, 0.4) is 0 Å². The predicted molar refractivity (Wildman–Crippen MR) is 47.4 cm³/mol. The number of aromatic nitrogens is 2. The first-order valence-corrected chi connectivity index (χ1v) is 4.18. The standard InChI is InChI=1S/C8H5BrN2O/c9-8-4-7(12-11-8)6-2-1-3-10-5-6/h1-5H. The van der Waals surface area contributed by atoms with E-state index in [0.29, 0.717) is 4.60 Å². The van der Waals surface area contributed by atoms with Crippen LogP contribution in [0.5, 0.6) is 0 Å². The summed E-state index contributed by atoms with van der Waals surface area (Å²) in [6.07, 6.45) is 3.45. The Morgan fingerprint density at radius 3 is 2.92 bits per heavy atom. The van der Waals surface area contributed by atoms with Crippen LogP contribution in [0.2, 0.25) is 0 Å². The van der Waals surface area contributed by atoms with Crippen molar-refractivity contribution in [1.29, 1.82) is 0 Å². The number of pyridine rings is 1. The fraction of sp³-hybridized carbons (Fsp3) is 0. The topological polar surface area (TPSA) is 38.9 Å². The van der Waals surface area contributed by atoms with E-state index >= 15 is 0 Å². The molecule has 0 bridgehead atoms. The average Bonchev–Trinajstić information content (AvgIpc) is 2.54. The summed E-state index contributed by atoms with van der Waals surface area (Å²) < 4.78 is 5.71. The van der Waals surface area contributed by atoms with Gasteiger partial charge in [-0.15, -0.1) is 0 Å². The fourth-order valence-electron chi connectivity index (χ4n) is 0.898. The van der Waals surface area contributed by atoms with Gasteiger partial charge in [0.2, 0.25) is 0 Å². The molecule has 0 aliphatic heterocycles. The van der Waals surface area contributed by atoms with Crippen LogP contribution in [-0.4, -0.2) is 10.1 Å². The van der Waals surface area contributed by atoms with Crippen molar-refractivity contribution in [2.24, 2.45) is 0 Å². The Hall–Kier alpha value is -1.16. The largest absolute Gasteiger partial charge is 0.355 e. The first kappa shape index (κ1) is 7.49. The summed E-state index contributed by atoms with van der Waals surface area (Å²) in [4.78, 5) is 3.97. The fourth-order valence-corrected chi connectivity index (χ4v) is 1.18. The zero-order valence-electron chi connectivity index (χ0n) is 6.07. The minimum atomic E-state index is 0.696. The second-order valence-corrected chi connectivity index (χ2v) is 3.07. The Morgan fingerprint density at radius 2 is 2.33 bits per heavy atom. The highest BCUT2D eigenvalue weighted by molar-refractivity contribution is 9.10. The Balaban J connectivity index is 2.45. The van der Waals surface area contributed by atoms with Gasteiger partial charge in [0, 0.05) is 24.0 Å². The number of hydrogen-bond acceptors (Lipinski definition) is 3.